The Labute approximate surface area is 186 Å². The summed E-state index contributed by atoms with van der Waals surface area (Å²) >= 11 is 0. The maximum absolute atomic E-state index is 12.4. The molecule has 0 radical (unpaired) electrons. The highest BCUT2D eigenvalue weighted by molar-refractivity contribution is 6.00. The van der Waals surface area contributed by atoms with E-state index in [-0.39, 0.29) is 5.91 Å². The first-order chi connectivity index (χ1) is 15.7. The van der Waals surface area contributed by atoms with Crippen molar-refractivity contribution >= 4 is 23.0 Å². The summed E-state index contributed by atoms with van der Waals surface area (Å²) in [7, 11) is 0. The van der Waals surface area contributed by atoms with Crippen molar-refractivity contribution in [3.8, 4) is 11.8 Å². The normalized spacial score (nSPS) is 10.9. The van der Waals surface area contributed by atoms with Gasteiger partial charge in [0.1, 0.15) is 5.75 Å². The zero-order valence-corrected chi connectivity index (χ0v) is 17.7. The Hall–Kier alpha value is -4.37. The molecule has 1 N–H and O–H groups in total. The molecule has 1 amide bonds. The fraction of sp³-hybridized carbons (Fsp3) is 0.115. The van der Waals surface area contributed by atoms with E-state index in [4.69, 9.17) is 10.00 Å². The smallest absolute Gasteiger partial charge is 0.271 e. The van der Waals surface area contributed by atoms with Crippen molar-refractivity contribution < 1.29 is 9.53 Å². The van der Waals surface area contributed by atoms with Gasteiger partial charge in [-0.15, -0.1) is 0 Å². The summed E-state index contributed by atoms with van der Waals surface area (Å²) in [6, 6.07) is 24.7. The highest BCUT2D eigenvalue weighted by Gasteiger charge is 2.08. The summed E-state index contributed by atoms with van der Waals surface area (Å²) in [4.78, 5) is 12.4. The van der Waals surface area contributed by atoms with Gasteiger partial charge in [-0.2, -0.15) is 10.4 Å². The molecular formula is C26H22N4O2. The Morgan fingerprint density at radius 1 is 1.09 bits per heavy atom. The van der Waals surface area contributed by atoms with Crippen LogP contribution >= 0.6 is 0 Å². The number of aromatic nitrogens is 1. The zero-order valence-electron chi connectivity index (χ0n) is 17.7. The molecule has 1 aromatic heterocycles. The van der Waals surface area contributed by atoms with Crippen LogP contribution in [-0.4, -0.2) is 23.3 Å². The van der Waals surface area contributed by atoms with Gasteiger partial charge in [-0.1, -0.05) is 30.3 Å². The summed E-state index contributed by atoms with van der Waals surface area (Å²) in [6.45, 7) is 3.16. The Bertz CT molecular complexity index is 1300. The number of rotatable bonds is 7. The summed E-state index contributed by atoms with van der Waals surface area (Å²) in [5, 5.41) is 14.2. The van der Waals surface area contributed by atoms with Gasteiger partial charge in [0.2, 0.25) is 0 Å². The molecule has 0 unspecified atom stereocenters. The molecule has 6 nitrogen and oxygen atoms in total. The van der Waals surface area contributed by atoms with Crippen LogP contribution in [0.1, 0.15) is 34.0 Å². The van der Waals surface area contributed by atoms with Gasteiger partial charge >= 0.3 is 0 Å². The second-order valence-electron chi connectivity index (χ2n) is 7.19. The van der Waals surface area contributed by atoms with Crippen molar-refractivity contribution in [2.75, 3.05) is 6.61 Å². The van der Waals surface area contributed by atoms with E-state index < -0.39 is 0 Å². The van der Waals surface area contributed by atoms with Crippen LogP contribution < -0.4 is 10.2 Å². The van der Waals surface area contributed by atoms with E-state index >= 15 is 0 Å². The van der Waals surface area contributed by atoms with Crippen molar-refractivity contribution in [3.63, 3.8) is 0 Å². The van der Waals surface area contributed by atoms with Crippen molar-refractivity contribution in [3.05, 3.63) is 101 Å². The number of carbonyl (C=O) groups excluding carboxylic acids is 1. The van der Waals surface area contributed by atoms with Crippen LogP contribution in [0.15, 0.2) is 84.1 Å². The SMILES string of the molecule is CCOc1ccc(C(=O)N/N=C\c2cn(Cc3ccc(C#N)cc3)c3ccccc23)cc1. The number of ether oxygens (including phenoxy) is 1. The molecule has 0 atom stereocenters. The van der Waals surface area contributed by atoms with E-state index in [1.807, 2.05) is 55.6 Å². The molecule has 4 aromatic rings. The van der Waals surface area contributed by atoms with Crippen LogP contribution in [0, 0.1) is 11.3 Å². The molecule has 1 heterocycles. The van der Waals surface area contributed by atoms with Crippen molar-refractivity contribution in [2.24, 2.45) is 5.10 Å². The second-order valence-corrected chi connectivity index (χ2v) is 7.19. The van der Waals surface area contributed by atoms with Gasteiger partial charge in [0.25, 0.3) is 5.91 Å². The van der Waals surface area contributed by atoms with E-state index in [1.165, 1.54) is 0 Å². The van der Waals surface area contributed by atoms with Crippen LogP contribution in [0.3, 0.4) is 0 Å². The fourth-order valence-corrected chi connectivity index (χ4v) is 3.48. The number of para-hydroxylation sites is 1. The number of hydrazone groups is 1. The van der Waals surface area contributed by atoms with E-state index in [0.29, 0.717) is 24.3 Å². The summed E-state index contributed by atoms with van der Waals surface area (Å²) < 4.78 is 7.53. The highest BCUT2D eigenvalue weighted by atomic mass is 16.5. The van der Waals surface area contributed by atoms with Gasteiger partial charge in [-0.05, 0) is 55.0 Å². The molecule has 158 valence electrons. The Balaban J connectivity index is 1.50. The lowest BCUT2D eigenvalue weighted by Gasteiger charge is -2.05. The largest absolute Gasteiger partial charge is 0.494 e. The van der Waals surface area contributed by atoms with Gasteiger partial charge in [0.15, 0.2) is 0 Å². The first kappa shape index (κ1) is 20.9. The van der Waals surface area contributed by atoms with Gasteiger partial charge in [0, 0.05) is 34.8 Å². The molecule has 0 aliphatic rings. The molecule has 32 heavy (non-hydrogen) atoms. The lowest BCUT2D eigenvalue weighted by molar-refractivity contribution is 0.0955. The number of nitrogens with one attached hydrogen (secondary N) is 1. The van der Waals surface area contributed by atoms with Crippen LogP contribution in [0.4, 0.5) is 0 Å². The Morgan fingerprint density at radius 2 is 1.84 bits per heavy atom. The van der Waals surface area contributed by atoms with Crippen molar-refractivity contribution in [1.82, 2.24) is 9.99 Å². The molecule has 0 fully saturated rings. The first-order valence-electron chi connectivity index (χ1n) is 10.3. The maximum atomic E-state index is 12.4. The molecule has 4 rings (SSSR count). The minimum atomic E-state index is -0.286. The van der Waals surface area contributed by atoms with Crippen LogP contribution in [0.25, 0.3) is 10.9 Å². The standard InChI is InChI=1S/C26H22N4O2/c1-2-32-23-13-11-21(12-14-23)26(31)29-28-16-22-18-30(25-6-4-3-5-24(22)25)17-20-9-7-19(15-27)8-10-20/h3-14,16,18H,2,17H2,1H3,(H,29,31)/b28-16-. The molecular weight excluding hydrogens is 400 g/mol. The van der Waals surface area contributed by atoms with Crippen molar-refractivity contribution in [1.29, 1.82) is 5.26 Å². The first-order valence-corrected chi connectivity index (χ1v) is 10.3. The number of nitriles is 1. The molecule has 0 saturated heterocycles. The average molecular weight is 422 g/mol. The third kappa shape index (κ3) is 4.68. The van der Waals surface area contributed by atoms with Crippen molar-refractivity contribution in [2.45, 2.75) is 13.5 Å². The predicted octanol–water partition coefficient (Wildman–Crippen LogP) is 4.72. The van der Waals surface area contributed by atoms with Crippen LogP contribution in [-0.2, 0) is 6.54 Å². The number of carbonyl (C=O) groups is 1. The summed E-state index contributed by atoms with van der Waals surface area (Å²) in [5.41, 5.74) is 6.80. The monoisotopic (exact) mass is 422 g/mol. The van der Waals surface area contributed by atoms with E-state index in [2.05, 4.69) is 27.2 Å². The molecule has 3 aromatic carbocycles. The average Bonchev–Trinajstić information content (AvgIpc) is 3.17. The number of hydrogen-bond donors (Lipinski definition) is 1. The molecule has 0 aliphatic carbocycles. The van der Waals surface area contributed by atoms with Crippen LogP contribution in [0.5, 0.6) is 5.75 Å². The number of hydrogen-bond acceptors (Lipinski definition) is 4. The summed E-state index contributed by atoms with van der Waals surface area (Å²) in [6.07, 6.45) is 3.67. The Kier molecular flexibility index (Phi) is 6.28. The topological polar surface area (TPSA) is 79.4 Å². The van der Waals surface area contributed by atoms with E-state index in [1.54, 1.807) is 30.5 Å². The van der Waals surface area contributed by atoms with Crippen LogP contribution in [0.2, 0.25) is 0 Å². The number of benzene rings is 3. The molecule has 0 aliphatic heterocycles. The zero-order chi connectivity index (χ0) is 22.3. The quantitative estimate of drug-likeness (QED) is 0.346. The van der Waals surface area contributed by atoms with Gasteiger partial charge in [0.05, 0.1) is 24.5 Å². The minimum absolute atomic E-state index is 0.286. The third-order valence-electron chi connectivity index (χ3n) is 5.05. The Morgan fingerprint density at radius 3 is 2.56 bits per heavy atom. The van der Waals surface area contributed by atoms with Gasteiger partial charge in [-0.25, -0.2) is 5.43 Å². The number of fused-ring (bicyclic) bond motifs is 1. The summed E-state index contributed by atoms with van der Waals surface area (Å²) in [5.74, 6) is 0.438. The second kappa shape index (κ2) is 9.63. The molecule has 0 saturated carbocycles. The number of nitrogens with zero attached hydrogens (tertiary/aromatic N) is 3. The molecule has 0 bridgehead atoms. The number of amides is 1. The maximum Gasteiger partial charge on any atom is 0.271 e. The van der Waals surface area contributed by atoms with E-state index in [0.717, 1.165) is 27.8 Å². The molecule has 0 spiro atoms. The predicted molar refractivity (Wildman–Crippen MR) is 125 cm³/mol. The lowest BCUT2D eigenvalue weighted by Crippen LogP contribution is -2.17. The lowest BCUT2D eigenvalue weighted by atomic mass is 10.1. The van der Waals surface area contributed by atoms with Gasteiger partial charge in [-0.3, -0.25) is 4.79 Å². The fourth-order valence-electron chi connectivity index (χ4n) is 3.48. The third-order valence-corrected chi connectivity index (χ3v) is 5.05. The van der Waals surface area contributed by atoms with Gasteiger partial charge < -0.3 is 9.30 Å². The van der Waals surface area contributed by atoms with E-state index in [9.17, 15) is 4.79 Å². The minimum Gasteiger partial charge on any atom is -0.494 e. The highest BCUT2D eigenvalue weighted by Crippen LogP contribution is 2.21. The molecule has 6 heteroatoms.